The van der Waals surface area contributed by atoms with Gasteiger partial charge in [0.1, 0.15) is 22.2 Å². The molecule has 34 heavy (non-hydrogen) atoms. The van der Waals surface area contributed by atoms with Gasteiger partial charge in [-0.1, -0.05) is 16.8 Å². The van der Waals surface area contributed by atoms with E-state index in [1.54, 1.807) is 31.5 Å². The van der Waals surface area contributed by atoms with Crippen LogP contribution in [0, 0.1) is 12.8 Å². The van der Waals surface area contributed by atoms with Crippen LogP contribution in [0.5, 0.6) is 0 Å². The third kappa shape index (κ3) is 4.29. The minimum absolute atomic E-state index is 0.0563. The van der Waals surface area contributed by atoms with Crippen molar-refractivity contribution in [3.05, 3.63) is 57.4 Å². The lowest BCUT2D eigenvalue weighted by atomic mass is 9.82. The Labute approximate surface area is 197 Å². The van der Waals surface area contributed by atoms with Crippen LogP contribution < -0.4 is 10.5 Å². The molecule has 180 valence electrons. The predicted octanol–water partition coefficient (Wildman–Crippen LogP) is 3.85. The highest BCUT2D eigenvalue weighted by Gasteiger charge is 2.51. The summed E-state index contributed by atoms with van der Waals surface area (Å²) in [5.74, 6) is -0.855. The van der Waals surface area contributed by atoms with Crippen molar-refractivity contribution in [2.75, 3.05) is 24.6 Å². The molecule has 0 aromatic carbocycles. The van der Waals surface area contributed by atoms with Crippen molar-refractivity contribution in [1.82, 2.24) is 19.9 Å². The monoisotopic (exact) mass is 495 g/mol. The molecule has 0 saturated carbocycles. The standard InChI is InChI=1S/C22H21ClF3N5O3/c1-13-17(20(29-34-13)14-2-3-18(23)27-7-14)9-31-19(32)6-16(8-28-31)30-11-21(12-30)5-4-15(10-33-21)22(24,25)26/h2-3,6-8,15H,4-5,9-12H2,1H3/t15-/m1/s1. The maximum Gasteiger partial charge on any atom is 0.394 e. The molecule has 0 amide bonds. The Morgan fingerprint density at radius 1 is 1.26 bits per heavy atom. The van der Waals surface area contributed by atoms with Crippen LogP contribution in [-0.2, 0) is 11.3 Å². The van der Waals surface area contributed by atoms with Gasteiger partial charge in [0.2, 0.25) is 0 Å². The zero-order valence-corrected chi connectivity index (χ0v) is 18.9. The van der Waals surface area contributed by atoms with E-state index in [1.807, 2.05) is 4.90 Å². The maximum atomic E-state index is 12.9. The van der Waals surface area contributed by atoms with Gasteiger partial charge in [-0.15, -0.1) is 0 Å². The number of hydrogen-bond donors (Lipinski definition) is 0. The van der Waals surface area contributed by atoms with E-state index in [1.165, 1.54) is 10.7 Å². The lowest BCUT2D eigenvalue weighted by Gasteiger charge is -2.53. The van der Waals surface area contributed by atoms with Crippen LogP contribution in [0.15, 0.2) is 39.9 Å². The lowest BCUT2D eigenvalue weighted by molar-refractivity contribution is -0.227. The molecule has 2 fully saturated rings. The second kappa shape index (κ2) is 8.38. The minimum atomic E-state index is -4.23. The normalized spacial score (nSPS) is 19.9. The van der Waals surface area contributed by atoms with Crippen LogP contribution in [0.25, 0.3) is 11.3 Å². The van der Waals surface area contributed by atoms with E-state index in [0.29, 0.717) is 52.9 Å². The Balaban J connectivity index is 1.27. The molecular formula is C22H21ClF3N5O3. The summed E-state index contributed by atoms with van der Waals surface area (Å²) in [4.78, 5) is 18.7. The molecule has 2 saturated heterocycles. The fourth-order valence-electron chi connectivity index (χ4n) is 4.40. The van der Waals surface area contributed by atoms with Crippen LogP contribution in [0.1, 0.15) is 24.2 Å². The first-order valence-electron chi connectivity index (χ1n) is 10.7. The fourth-order valence-corrected chi connectivity index (χ4v) is 4.51. The number of aromatic nitrogens is 4. The molecule has 2 aliphatic heterocycles. The molecule has 0 aliphatic carbocycles. The van der Waals surface area contributed by atoms with Gasteiger partial charge in [-0.05, 0) is 31.9 Å². The SMILES string of the molecule is Cc1onc(-c2ccc(Cl)nc2)c1Cn1ncc(N2CC3(CC[C@@H](C(F)(F)F)CO3)C2)cc1=O. The highest BCUT2D eigenvalue weighted by molar-refractivity contribution is 6.29. The van der Waals surface area contributed by atoms with Crippen LogP contribution in [0.4, 0.5) is 18.9 Å². The van der Waals surface area contributed by atoms with Crippen molar-refractivity contribution in [2.45, 2.75) is 38.1 Å². The van der Waals surface area contributed by atoms with Gasteiger partial charge in [-0.3, -0.25) is 4.79 Å². The van der Waals surface area contributed by atoms with Gasteiger partial charge in [-0.2, -0.15) is 18.3 Å². The first-order chi connectivity index (χ1) is 16.1. The molecule has 2 aliphatic rings. The Morgan fingerprint density at radius 2 is 2.06 bits per heavy atom. The van der Waals surface area contributed by atoms with Crippen LogP contribution in [0.3, 0.4) is 0 Å². The quantitative estimate of drug-likeness (QED) is 0.508. The Morgan fingerprint density at radius 3 is 2.68 bits per heavy atom. The summed E-state index contributed by atoms with van der Waals surface area (Å²) in [6.07, 6.45) is -0.686. The van der Waals surface area contributed by atoms with E-state index in [2.05, 4.69) is 15.2 Å². The maximum absolute atomic E-state index is 12.9. The zero-order chi connectivity index (χ0) is 24.1. The van der Waals surface area contributed by atoms with Crippen molar-refractivity contribution in [3.8, 4) is 11.3 Å². The van der Waals surface area contributed by atoms with Crippen LogP contribution >= 0.6 is 11.6 Å². The zero-order valence-electron chi connectivity index (χ0n) is 18.2. The molecule has 0 radical (unpaired) electrons. The van der Waals surface area contributed by atoms with E-state index >= 15 is 0 Å². The number of halogens is 4. The number of hydrogen-bond acceptors (Lipinski definition) is 7. The molecule has 1 atom stereocenters. The average Bonchev–Trinajstić information content (AvgIpc) is 3.13. The van der Waals surface area contributed by atoms with E-state index in [0.717, 1.165) is 0 Å². The predicted molar refractivity (Wildman–Crippen MR) is 117 cm³/mol. The van der Waals surface area contributed by atoms with Crippen molar-refractivity contribution >= 4 is 17.3 Å². The summed E-state index contributed by atoms with van der Waals surface area (Å²) in [5.41, 5.74) is 1.66. The highest BCUT2D eigenvalue weighted by Crippen LogP contribution is 2.42. The molecule has 0 unspecified atom stereocenters. The molecule has 3 aromatic rings. The second-order valence-electron chi connectivity index (χ2n) is 8.77. The summed E-state index contributed by atoms with van der Waals surface area (Å²) in [6.45, 7) is 2.45. The number of rotatable bonds is 4. The minimum Gasteiger partial charge on any atom is -0.371 e. The van der Waals surface area contributed by atoms with Gasteiger partial charge >= 0.3 is 6.18 Å². The number of aryl methyl sites for hydroxylation is 1. The Kier molecular flexibility index (Phi) is 5.64. The van der Waals surface area contributed by atoms with Gasteiger partial charge in [0.15, 0.2) is 0 Å². The van der Waals surface area contributed by atoms with Gasteiger partial charge in [0.25, 0.3) is 5.56 Å². The summed E-state index contributed by atoms with van der Waals surface area (Å²) >= 11 is 5.86. The number of ether oxygens (including phenoxy) is 1. The lowest BCUT2D eigenvalue weighted by Crippen LogP contribution is -2.65. The van der Waals surface area contributed by atoms with E-state index in [4.69, 9.17) is 20.9 Å². The third-order valence-electron chi connectivity index (χ3n) is 6.47. The third-order valence-corrected chi connectivity index (χ3v) is 6.70. The molecule has 8 nitrogen and oxygen atoms in total. The molecular weight excluding hydrogens is 475 g/mol. The Bertz CT molecular complexity index is 1240. The van der Waals surface area contributed by atoms with Crippen molar-refractivity contribution in [2.24, 2.45) is 5.92 Å². The number of pyridine rings is 1. The summed E-state index contributed by atoms with van der Waals surface area (Å²) in [5, 5.41) is 8.73. The largest absolute Gasteiger partial charge is 0.394 e. The smallest absolute Gasteiger partial charge is 0.371 e. The van der Waals surface area contributed by atoms with Crippen molar-refractivity contribution in [3.63, 3.8) is 0 Å². The molecule has 0 bridgehead atoms. The number of anilines is 1. The second-order valence-corrected chi connectivity index (χ2v) is 9.16. The fraction of sp³-hybridized carbons (Fsp3) is 0.455. The first-order valence-corrected chi connectivity index (χ1v) is 11.1. The number of alkyl halides is 3. The molecule has 0 N–H and O–H groups in total. The van der Waals surface area contributed by atoms with E-state index in [-0.39, 0.29) is 25.1 Å². The highest BCUT2D eigenvalue weighted by atomic mass is 35.5. The molecule has 3 aromatic heterocycles. The average molecular weight is 496 g/mol. The molecule has 12 heteroatoms. The van der Waals surface area contributed by atoms with Crippen molar-refractivity contribution in [1.29, 1.82) is 0 Å². The topological polar surface area (TPSA) is 86.3 Å². The Hall–Kier alpha value is -2.92. The van der Waals surface area contributed by atoms with E-state index < -0.39 is 17.7 Å². The molecule has 1 spiro atoms. The molecule has 5 rings (SSSR count). The van der Waals surface area contributed by atoms with Gasteiger partial charge < -0.3 is 14.2 Å². The summed E-state index contributed by atoms with van der Waals surface area (Å²) in [7, 11) is 0. The molecule has 5 heterocycles. The first kappa shape index (κ1) is 22.9. The van der Waals surface area contributed by atoms with E-state index in [9.17, 15) is 18.0 Å². The number of nitrogens with zero attached hydrogens (tertiary/aromatic N) is 5. The van der Waals surface area contributed by atoms with Crippen LogP contribution in [0.2, 0.25) is 5.15 Å². The summed E-state index contributed by atoms with van der Waals surface area (Å²) in [6, 6.07) is 4.87. The van der Waals surface area contributed by atoms with Crippen LogP contribution in [-0.4, -0.2) is 51.4 Å². The van der Waals surface area contributed by atoms with Gasteiger partial charge in [0, 0.05) is 36.5 Å². The van der Waals surface area contributed by atoms with Crippen molar-refractivity contribution < 1.29 is 22.4 Å². The summed E-state index contributed by atoms with van der Waals surface area (Å²) < 4.78 is 50.9. The van der Waals surface area contributed by atoms with Gasteiger partial charge in [-0.25, -0.2) is 9.67 Å². The van der Waals surface area contributed by atoms with Gasteiger partial charge in [0.05, 0.1) is 31.0 Å².